The predicted molar refractivity (Wildman–Crippen MR) is 99.1 cm³/mol. The number of sulfonamides is 1. The highest BCUT2D eigenvalue weighted by atomic mass is 32.2. The molecule has 27 heavy (non-hydrogen) atoms. The van der Waals surface area contributed by atoms with Gasteiger partial charge in [-0.3, -0.25) is 4.79 Å². The average molecular weight is 393 g/mol. The van der Waals surface area contributed by atoms with E-state index in [2.05, 4.69) is 10.5 Å². The number of piperidine rings is 1. The maximum absolute atomic E-state index is 12.9. The lowest BCUT2D eigenvalue weighted by molar-refractivity contribution is -0.120. The minimum Gasteiger partial charge on any atom is -0.497 e. The summed E-state index contributed by atoms with van der Waals surface area (Å²) in [6.07, 6.45) is 0.911. The van der Waals surface area contributed by atoms with Crippen molar-refractivity contribution < 1.29 is 22.5 Å². The molecule has 1 N–H and O–H groups in total. The highest BCUT2D eigenvalue weighted by Gasteiger charge is 2.33. The fraction of sp³-hybridized carbons (Fsp3) is 0.444. The average Bonchev–Trinajstić information content (AvgIpc) is 3.06. The molecule has 1 aromatic carbocycles. The Balaban J connectivity index is 1.65. The molecule has 146 valence electrons. The predicted octanol–water partition coefficient (Wildman–Crippen LogP) is 2.34. The summed E-state index contributed by atoms with van der Waals surface area (Å²) in [5.41, 5.74) is 0.635. The monoisotopic (exact) mass is 393 g/mol. The smallest absolute Gasteiger partial charge is 0.243 e. The van der Waals surface area contributed by atoms with E-state index in [-0.39, 0.29) is 16.7 Å². The van der Waals surface area contributed by atoms with Crippen LogP contribution in [0.1, 0.15) is 24.2 Å². The van der Waals surface area contributed by atoms with E-state index in [1.807, 2.05) is 0 Å². The largest absolute Gasteiger partial charge is 0.497 e. The van der Waals surface area contributed by atoms with Gasteiger partial charge in [0.15, 0.2) is 5.82 Å². The van der Waals surface area contributed by atoms with Gasteiger partial charge in [0.05, 0.1) is 12.0 Å². The SMILES string of the molecule is COc1ccc(S(=O)(=O)N2CCC(C(=O)Nc3cc(C)on3)CC2)c(C)c1. The zero-order chi connectivity index (χ0) is 19.6. The first-order valence-corrected chi connectivity index (χ1v) is 10.1. The standard InChI is InChI=1S/C18H23N3O5S/c1-12-10-15(25-3)4-5-16(12)27(23,24)21-8-6-14(7-9-21)18(22)19-17-11-13(2)26-20-17/h4-5,10-11,14H,6-9H2,1-3H3,(H,19,20,22). The number of benzene rings is 1. The van der Waals surface area contributed by atoms with Gasteiger partial charge >= 0.3 is 0 Å². The van der Waals surface area contributed by atoms with Crippen LogP contribution in [0.5, 0.6) is 5.75 Å². The Morgan fingerprint density at radius 3 is 2.52 bits per heavy atom. The summed E-state index contributed by atoms with van der Waals surface area (Å²) in [5, 5.41) is 6.46. The molecule has 1 aliphatic rings. The van der Waals surface area contributed by atoms with Crippen LogP contribution in [-0.4, -0.2) is 44.0 Å². The summed E-state index contributed by atoms with van der Waals surface area (Å²) in [4.78, 5) is 12.6. The molecule has 0 aliphatic carbocycles. The molecule has 1 aromatic heterocycles. The quantitative estimate of drug-likeness (QED) is 0.837. The lowest BCUT2D eigenvalue weighted by Crippen LogP contribution is -2.41. The molecule has 0 saturated carbocycles. The van der Waals surface area contributed by atoms with E-state index >= 15 is 0 Å². The second-order valence-electron chi connectivity index (χ2n) is 6.62. The van der Waals surface area contributed by atoms with Crippen molar-refractivity contribution in [2.75, 3.05) is 25.5 Å². The van der Waals surface area contributed by atoms with Crippen molar-refractivity contribution in [1.29, 1.82) is 0 Å². The van der Waals surface area contributed by atoms with E-state index in [0.29, 0.717) is 48.8 Å². The number of carbonyl (C=O) groups excluding carboxylic acids is 1. The number of aryl methyl sites for hydroxylation is 2. The number of hydrogen-bond donors (Lipinski definition) is 1. The zero-order valence-corrected chi connectivity index (χ0v) is 16.4. The topological polar surface area (TPSA) is 102 Å². The molecule has 1 fully saturated rings. The molecule has 8 nitrogen and oxygen atoms in total. The van der Waals surface area contributed by atoms with E-state index in [9.17, 15) is 13.2 Å². The van der Waals surface area contributed by atoms with E-state index in [4.69, 9.17) is 9.26 Å². The van der Waals surface area contributed by atoms with E-state index in [0.717, 1.165) is 0 Å². The molecule has 2 heterocycles. The normalized spacial score (nSPS) is 16.3. The molecule has 0 bridgehead atoms. The number of methoxy groups -OCH3 is 1. The van der Waals surface area contributed by atoms with Crippen molar-refractivity contribution in [2.45, 2.75) is 31.6 Å². The molecular weight excluding hydrogens is 370 g/mol. The van der Waals surface area contributed by atoms with Gasteiger partial charge in [-0.05, 0) is 50.5 Å². The second-order valence-corrected chi connectivity index (χ2v) is 8.53. The maximum Gasteiger partial charge on any atom is 0.243 e. The van der Waals surface area contributed by atoms with Crippen molar-refractivity contribution in [1.82, 2.24) is 9.46 Å². The number of hydrogen-bond acceptors (Lipinski definition) is 6. The van der Waals surface area contributed by atoms with Gasteiger partial charge in [0, 0.05) is 25.1 Å². The number of rotatable bonds is 5. The van der Waals surface area contributed by atoms with Gasteiger partial charge in [-0.1, -0.05) is 5.16 Å². The summed E-state index contributed by atoms with van der Waals surface area (Å²) in [6, 6.07) is 6.55. The van der Waals surface area contributed by atoms with Gasteiger partial charge in [0.25, 0.3) is 0 Å². The number of carbonyl (C=O) groups is 1. The molecule has 0 radical (unpaired) electrons. The van der Waals surface area contributed by atoms with Crippen LogP contribution >= 0.6 is 0 Å². The Kier molecular flexibility index (Phi) is 5.52. The molecule has 0 spiro atoms. The highest BCUT2D eigenvalue weighted by molar-refractivity contribution is 7.89. The molecule has 1 amide bonds. The molecule has 1 aliphatic heterocycles. The molecule has 1 saturated heterocycles. The van der Waals surface area contributed by atoms with Crippen molar-refractivity contribution in [3.63, 3.8) is 0 Å². The van der Waals surface area contributed by atoms with Crippen molar-refractivity contribution >= 4 is 21.7 Å². The third-order valence-electron chi connectivity index (χ3n) is 4.70. The molecule has 0 atom stereocenters. The van der Waals surface area contributed by atoms with E-state index in [1.165, 1.54) is 4.31 Å². The van der Waals surface area contributed by atoms with Crippen LogP contribution in [-0.2, 0) is 14.8 Å². The number of nitrogens with zero attached hydrogens (tertiary/aromatic N) is 2. The van der Waals surface area contributed by atoms with Crippen LogP contribution in [0.3, 0.4) is 0 Å². The van der Waals surface area contributed by atoms with Gasteiger partial charge in [-0.2, -0.15) is 4.31 Å². The molecule has 2 aromatic rings. The van der Waals surface area contributed by atoms with Crippen molar-refractivity contribution in [3.05, 3.63) is 35.6 Å². The molecular formula is C18H23N3O5S. The van der Waals surface area contributed by atoms with Crippen molar-refractivity contribution in [2.24, 2.45) is 5.92 Å². The fourth-order valence-corrected chi connectivity index (χ4v) is 4.86. The summed E-state index contributed by atoms with van der Waals surface area (Å²) >= 11 is 0. The summed E-state index contributed by atoms with van der Waals surface area (Å²) in [7, 11) is -2.06. The number of ether oxygens (including phenoxy) is 1. The highest BCUT2D eigenvalue weighted by Crippen LogP contribution is 2.28. The lowest BCUT2D eigenvalue weighted by atomic mass is 9.97. The lowest BCUT2D eigenvalue weighted by Gasteiger charge is -2.30. The Morgan fingerprint density at radius 2 is 1.96 bits per heavy atom. The minimum atomic E-state index is -3.60. The Morgan fingerprint density at radius 1 is 1.26 bits per heavy atom. The maximum atomic E-state index is 12.9. The first-order chi connectivity index (χ1) is 12.8. The zero-order valence-electron chi connectivity index (χ0n) is 15.6. The van der Waals surface area contributed by atoms with Gasteiger partial charge < -0.3 is 14.6 Å². The second kappa shape index (κ2) is 7.69. The van der Waals surface area contributed by atoms with E-state index < -0.39 is 10.0 Å². The van der Waals surface area contributed by atoms with Gasteiger partial charge in [0.2, 0.25) is 15.9 Å². The molecule has 0 unspecified atom stereocenters. The summed E-state index contributed by atoms with van der Waals surface area (Å²) in [6.45, 7) is 4.08. The first kappa shape index (κ1) is 19.4. The fourth-order valence-electron chi connectivity index (χ4n) is 3.19. The van der Waals surface area contributed by atoms with Crippen LogP contribution < -0.4 is 10.1 Å². The molecule has 3 rings (SSSR count). The molecule has 9 heteroatoms. The Labute approximate surface area is 158 Å². The number of aromatic nitrogens is 1. The summed E-state index contributed by atoms with van der Waals surface area (Å²) in [5.74, 6) is 1.18. The van der Waals surface area contributed by atoms with Gasteiger partial charge in [0.1, 0.15) is 11.5 Å². The minimum absolute atomic E-state index is 0.166. The van der Waals surface area contributed by atoms with E-state index in [1.54, 1.807) is 45.2 Å². The third-order valence-corrected chi connectivity index (χ3v) is 6.76. The van der Waals surface area contributed by atoms with Crippen molar-refractivity contribution in [3.8, 4) is 5.75 Å². The number of nitrogens with one attached hydrogen (secondary N) is 1. The number of anilines is 1. The van der Waals surface area contributed by atoms with Crippen LogP contribution in [0.25, 0.3) is 0 Å². The van der Waals surface area contributed by atoms with Gasteiger partial charge in [-0.25, -0.2) is 8.42 Å². The van der Waals surface area contributed by atoms with Gasteiger partial charge in [-0.15, -0.1) is 0 Å². The Hall–Kier alpha value is -2.39. The van der Waals surface area contributed by atoms with Crippen LogP contribution in [0.15, 0.2) is 33.7 Å². The number of amides is 1. The Bertz CT molecular complexity index is 930. The van der Waals surface area contributed by atoms with Crippen LogP contribution in [0.2, 0.25) is 0 Å². The third kappa shape index (κ3) is 4.14. The summed E-state index contributed by atoms with van der Waals surface area (Å²) < 4.78 is 37.4. The first-order valence-electron chi connectivity index (χ1n) is 8.70. The van der Waals surface area contributed by atoms with Crippen LogP contribution in [0.4, 0.5) is 5.82 Å². The van der Waals surface area contributed by atoms with Crippen LogP contribution in [0, 0.1) is 19.8 Å².